The fourth-order valence-electron chi connectivity index (χ4n) is 3.58. The number of aromatic nitrogens is 4. The molecule has 6 nitrogen and oxygen atoms in total. The molecule has 1 N–H and O–H groups in total. The molecule has 0 aliphatic carbocycles. The van der Waals surface area contributed by atoms with Crippen LogP contribution in [0.4, 0.5) is 5.69 Å². The van der Waals surface area contributed by atoms with Gasteiger partial charge in [0, 0.05) is 11.8 Å². The molecule has 1 amide bonds. The maximum Gasteiger partial charge on any atom is 0.226 e. The number of fused-ring (bicyclic) bond motifs is 1. The van der Waals surface area contributed by atoms with E-state index >= 15 is 0 Å². The van der Waals surface area contributed by atoms with Crippen LogP contribution >= 0.6 is 0 Å². The first-order chi connectivity index (χ1) is 14.0. The zero-order valence-electron chi connectivity index (χ0n) is 17.0. The van der Waals surface area contributed by atoms with E-state index in [9.17, 15) is 4.79 Å². The van der Waals surface area contributed by atoms with Crippen molar-refractivity contribution in [2.24, 2.45) is 0 Å². The smallest absolute Gasteiger partial charge is 0.226 e. The van der Waals surface area contributed by atoms with E-state index in [0.717, 1.165) is 28.0 Å². The standard InChI is InChI=1S/C23H25N5O/c1-16-9-10-21-20(13-16)14-24-27(21)12-11-22(29)25-23-17(2)26-28(18(23)3)15-19-7-5-4-6-8-19/h4-10,13-14H,11-12,15H2,1-3H3,(H,25,29). The molecule has 4 aromatic rings. The van der Waals surface area contributed by atoms with E-state index in [-0.39, 0.29) is 5.91 Å². The second-order valence-electron chi connectivity index (χ2n) is 7.42. The largest absolute Gasteiger partial charge is 0.323 e. The van der Waals surface area contributed by atoms with Crippen molar-refractivity contribution in [2.75, 3.05) is 5.32 Å². The number of hydrogen-bond donors (Lipinski definition) is 1. The van der Waals surface area contributed by atoms with E-state index < -0.39 is 0 Å². The molecule has 6 heteroatoms. The molecule has 0 saturated carbocycles. The first-order valence-corrected chi connectivity index (χ1v) is 9.81. The Balaban J connectivity index is 1.43. The molecule has 0 fully saturated rings. The minimum absolute atomic E-state index is 0.0359. The summed E-state index contributed by atoms with van der Waals surface area (Å²) in [7, 11) is 0. The lowest BCUT2D eigenvalue weighted by Gasteiger charge is -2.08. The van der Waals surface area contributed by atoms with Crippen molar-refractivity contribution in [3.05, 3.63) is 77.2 Å². The first-order valence-electron chi connectivity index (χ1n) is 9.81. The van der Waals surface area contributed by atoms with Crippen LogP contribution < -0.4 is 5.32 Å². The van der Waals surface area contributed by atoms with Gasteiger partial charge in [0.2, 0.25) is 5.91 Å². The van der Waals surface area contributed by atoms with E-state index in [4.69, 9.17) is 0 Å². The first kappa shape index (κ1) is 18.9. The van der Waals surface area contributed by atoms with Crippen LogP contribution in [-0.2, 0) is 17.9 Å². The number of benzene rings is 2. The average molecular weight is 387 g/mol. The summed E-state index contributed by atoms with van der Waals surface area (Å²) in [5, 5.41) is 13.2. The molecule has 0 aliphatic heterocycles. The van der Waals surface area contributed by atoms with Gasteiger partial charge < -0.3 is 5.32 Å². The van der Waals surface area contributed by atoms with Crippen molar-refractivity contribution >= 4 is 22.5 Å². The molecule has 0 radical (unpaired) electrons. The fourth-order valence-corrected chi connectivity index (χ4v) is 3.58. The molecule has 0 aliphatic rings. The van der Waals surface area contributed by atoms with Crippen molar-refractivity contribution in [1.29, 1.82) is 0 Å². The summed E-state index contributed by atoms with van der Waals surface area (Å²) in [6.07, 6.45) is 2.20. The van der Waals surface area contributed by atoms with Gasteiger partial charge in [-0.25, -0.2) is 0 Å². The van der Waals surface area contributed by atoms with E-state index in [1.807, 2.05) is 47.6 Å². The third-order valence-corrected chi connectivity index (χ3v) is 5.17. The Labute approximate surface area is 170 Å². The van der Waals surface area contributed by atoms with Gasteiger partial charge in [-0.1, -0.05) is 42.0 Å². The Morgan fingerprint density at radius 2 is 1.83 bits per heavy atom. The maximum atomic E-state index is 12.6. The van der Waals surface area contributed by atoms with Crippen LogP contribution in [0.25, 0.3) is 10.9 Å². The highest BCUT2D eigenvalue weighted by atomic mass is 16.1. The number of aryl methyl sites for hydroxylation is 3. The number of anilines is 1. The summed E-state index contributed by atoms with van der Waals surface area (Å²) in [5.41, 5.74) is 6.01. The van der Waals surface area contributed by atoms with Crippen molar-refractivity contribution in [3.63, 3.8) is 0 Å². The van der Waals surface area contributed by atoms with Gasteiger partial charge >= 0.3 is 0 Å². The molecule has 0 bridgehead atoms. The van der Waals surface area contributed by atoms with Crippen LogP contribution in [0.2, 0.25) is 0 Å². The van der Waals surface area contributed by atoms with E-state index in [2.05, 4.69) is 52.8 Å². The van der Waals surface area contributed by atoms with E-state index in [0.29, 0.717) is 19.5 Å². The van der Waals surface area contributed by atoms with Crippen LogP contribution in [-0.4, -0.2) is 25.5 Å². The molecule has 0 atom stereocenters. The van der Waals surface area contributed by atoms with Crippen LogP contribution in [0.1, 0.15) is 28.9 Å². The normalized spacial score (nSPS) is 11.1. The Morgan fingerprint density at radius 1 is 1.03 bits per heavy atom. The van der Waals surface area contributed by atoms with Gasteiger partial charge in [-0.3, -0.25) is 14.2 Å². The van der Waals surface area contributed by atoms with Crippen LogP contribution in [0, 0.1) is 20.8 Å². The predicted octanol–water partition coefficient (Wildman–Crippen LogP) is 4.24. The molecule has 2 aromatic heterocycles. The van der Waals surface area contributed by atoms with Crippen LogP contribution in [0.3, 0.4) is 0 Å². The molecule has 0 unspecified atom stereocenters. The monoisotopic (exact) mass is 387 g/mol. The summed E-state index contributed by atoms with van der Waals surface area (Å²) in [6, 6.07) is 16.4. The molecular weight excluding hydrogens is 362 g/mol. The van der Waals surface area contributed by atoms with Crippen molar-refractivity contribution < 1.29 is 4.79 Å². The van der Waals surface area contributed by atoms with Gasteiger partial charge in [0.1, 0.15) is 0 Å². The number of rotatable bonds is 6. The Morgan fingerprint density at radius 3 is 2.62 bits per heavy atom. The number of nitrogens with one attached hydrogen (secondary N) is 1. The molecule has 29 heavy (non-hydrogen) atoms. The molecular formula is C23H25N5O. The summed E-state index contributed by atoms with van der Waals surface area (Å²) in [6.45, 7) is 7.19. The highest BCUT2D eigenvalue weighted by Crippen LogP contribution is 2.21. The minimum Gasteiger partial charge on any atom is -0.323 e. The summed E-state index contributed by atoms with van der Waals surface area (Å²) < 4.78 is 3.82. The number of carbonyl (C=O) groups excluding carboxylic acids is 1. The van der Waals surface area contributed by atoms with Gasteiger partial charge in [-0.2, -0.15) is 10.2 Å². The Hall–Kier alpha value is -3.41. The second-order valence-corrected chi connectivity index (χ2v) is 7.42. The van der Waals surface area contributed by atoms with Gasteiger partial charge in [0.25, 0.3) is 0 Å². The number of hydrogen-bond acceptors (Lipinski definition) is 3. The molecule has 0 saturated heterocycles. The highest BCUT2D eigenvalue weighted by Gasteiger charge is 2.15. The van der Waals surface area contributed by atoms with Crippen molar-refractivity contribution in [2.45, 2.75) is 40.3 Å². The van der Waals surface area contributed by atoms with Gasteiger partial charge in [-0.05, 0) is 38.5 Å². The van der Waals surface area contributed by atoms with Gasteiger partial charge in [-0.15, -0.1) is 0 Å². The zero-order chi connectivity index (χ0) is 20.4. The van der Waals surface area contributed by atoms with Gasteiger partial charge in [0.05, 0.1) is 41.9 Å². The topological polar surface area (TPSA) is 64.7 Å². The zero-order valence-corrected chi connectivity index (χ0v) is 17.0. The molecule has 4 rings (SSSR count). The third-order valence-electron chi connectivity index (χ3n) is 5.17. The number of amides is 1. The summed E-state index contributed by atoms with van der Waals surface area (Å²) in [4.78, 5) is 12.6. The second kappa shape index (κ2) is 7.91. The fraction of sp³-hybridized carbons (Fsp3) is 0.261. The average Bonchev–Trinajstić information content (AvgIpc) is 3.22. The van der Waals surface area contributed by atoms with E-state index in [1.54, 1.807) is 0 Å². The lowest BCUT2D eigenvalue weighted by atomic mass is 10.2. The third kappa shape index (κ3) is 4.06. The van der Waals surface area contributed by atoms with Crippen molar-refractivity contribution in [1.82, 2.24) is 19.6 Å². The molecule has 148 valence electrons. The number of carbonyl (C=O) groups is 1. The molecule has 0 spiro atoms. The maximum absolute atomic E-state index is 12.6. The van der Waals surface area contributed by atoms with Crippen LogP contribution in [0.15, 0.2) is 54.7 Å². The highest BCUT2D eigenvalue weighted by molar-refractivity contribution is 5.92. The Bertz CT molecular complexity index is 1160. The van der Waals surface area contributed by atoms with Crippen molar-refractivity contribution in [3.8, 4) is 0 Å². The van der Waals surface area contributed by atoms with Crippen LogP contribution in [0.5, 0.6) is 0 Å². The number of nitrogens with zero attached hydrogens (tertiary/aromatic N) is 4. The van der Waals surface area contributed by atoms with Gasteiger partial charge in [0.15, 0.2) is 0 Å². The SMILES string of the molecule is Cc1ccc2c(cnn2CCC(=O)Nc2c(C)nn(Cc3ccccc3)c2C)c1. The Kier molecular flexibility index (Phi) is 5.16. The molecule has 2 heterocycles. The summed E-state index contributed by atoms with van der Waals surface area (Å²) >= 11 is 0. The quantitative estimate of drug-likeness (QED) is 0.538. The molecule has 2 aromatic carbocycles. The lowest BCUT2D eigenvalue weighted by molar-refractivity contribution is -0.116. The van der Waals surface area contributed by atoms with E-state index in [1.165, 1.54) is 11.1 Å². The minimum atomic E-state index is -0.0359. The summed E-state index contributed by atoms with van der Waals surface area (Å²) in [5.74, 6) is -0.0359. The lowest BCUT2D eigenvalue weighted by Crippen LogP contribution is -2.16. The predicted molar refractivity (Wildman–Crippen MR) is 115 cm³/mol.